The summed E-state index contributed by atoms with van der Waals surface area (Å²) >= 11 is 1.16. The number of para-hydroxylation sites is 1. The predicted molar refractivity (Wildman–Crippen MR) is 128 cm³/mol. The summed E-state index contributed by atoms with van der Waals surface area (Å²) in [6.45, 7) is 2.43. The molecule has 178 valence electrons. The Kier molecular flexibility index (Phi) is 7.48. The van der Waals surface area contributed by atoms with Crippen LogP contribution in [0.1, 0.15) is 42.5 Å². The van der Waals surface area contributed by atoms with Crippen LogP contribution in [0, 0.1) is 0 Å². The molecule has 1 aromatic heterocycles. The molecule has 2 amide bonds. The van der Waals surface area contributed by atoms with Crippen molar-refractivity contribution in [1.82, 2.24) is 9.21 Å². The van der Waals surface area contributed by atoms with E-state index in [1.807, 2.05) is 29.2 Å². The van der Waals surface area contributed by atoms with Crippen molar-refractivity contribution < 1.29 is 18.0 Å². The molecule has 3 heterocycles. The highest BCUT2D eigenvalue weighted by atomic mass is 32.2. The van der Waals surface area contributed by atoms with Gasteiger partial charge < -0.3 is 11.1 Å². The van der Waals surface area contributed by atoms with E-state index in [-0.39, 0.29) is 24.3 Å². The van der Waals surface area contributed by atoms with E-state index >= 15 is 0 Å². The van der Waals surface area contributed by atoms with Gasteiger partial charge in [0.1, 0.15) is 4.21 Å². The summed E-state index contributed by atoms with van der Waals surface area (Å²) in [6, 6.07) is 10.6. The maximum absolute atomic E-state index is 12.9. The number of piperidine rings is 1. The summed E-state index contributed by atoms with van der Waals surface area (Å²) in [5.74, 6) is -0.527. The lowest BCUT2D eigenvalue weighted by molar-refractivity contribution is -0.122. The SMILES string of the molecule is NC(=O)C1CCCN1Cc1ccccc1NC(=O)Cc1ccc(S(=O)(=O)N2CCCCC2)s1. The minimum Gasteiger partial charge on any atom is -0.368 e. The number of rotatable bonds is 8. The molecular weight excluding hydrogens is 460 g/mol. The molecule has 2 saturated heterocycles. The maximum atomic E-state index is 12.9. The highest BCUT2D eigenvalue weighted by Crippen LogP contribution is 2.28. The third-order valence-corrected chi connectivity index (χ3v) is 9.69. The van der Waals surface area contributed by atoms with Crippen LogP contribution in [-0.2, 0) is 32.6 Å². The van der Waals surface area contributed by atoms with Crippen molar-refractivity contribution in [3.8, 4) is 0 Å². The molecule has 4 rings (SSSR count). The third-order valence-electron chi connectivity index (χ3n) is 6.24. The monoisotopic (exact) mass is 490 g/mol. The molecule has 0 radical (unpaired) electrons. The zero-order valence-corrected chi connectivity index (χ0v) is 20.2. The van der Waals surface area contributed by atoms with Crippen molar-refractivity contribution in [2.45, 2.75) is 55.3 Å². The second-order valence-electron chi connectivity index (χ2n) is 8.60. The number of nitrogens with one attached hydrogen (secondary N) is 1. The molecule has 2 aromatic rings. The normalized spacial score (nSPS) is 20.1. The van der Waals surface area contributed by atoms with E-state index in [2.05, 4.69) is 5.32 Å². The van der Waals surface area contributed by atoms with Gasteiger partial charge in [0.05, 0.1) is 12.5 Å². The number of likely N-dealkylation sites (tertiary alicyclic amines) is 1. The fourth-order valence-corrected chi connectivity index (χ4v) is 7.54. The lowest BCUT2D eigenvalue weighted by Crippen LogP contribution is -2.39. The van der Waals surface area contributed by atoms with Gasteiger partial charge in [0, 0.05) is 30.2 Å². The number of thiophene rings is 1. The first kappa shape index (κ1) is 23.9. The van der Waals surface area contributed by atoms with Crippen LogP contribution in [-0.4, -0.2) is 55.1 Å². The molecule has 33 heavy (non-hydrogen) atoms. The topological polar surface area (TPSA) is 113 Å². The molecule has 3 N–H and O–H groups in total. The highest BCUT2D eigenvalue weighted by molar-refractivity contribution is 7.91. The first-order valence-corrected chi connectivity index (χ1v) is 13.6. The number of nitrogens with zero attached hydrogens (tertiary/aromatic N) is 2. The van der Waals surface area contributed by atoms with Crippen LogP contribution in [0.25, 0.3) is 0 Å². The van der Waals surface area contributed by atoms with Crippen molar-refractivity contribution in [2.75, 3.05) is 25.0 Å². The van der Waals surface area contributed by atoms with Crippen LogP contribution in [0.5, 0.6) is 0 Å². The van der Waals surface area contributed by atoms with E-state index in [1.54, 1.807) is 16.4 Å². The van der Waals surface area contributed by atoms with Crippen molar-refractivity contribution >= 4 is 38.9 Å². The lowest BCUT2D eigenvalue weighted by Gasteiger charge is -2.25. The number of hydrogen-bond donors (Lipinski definition) is 2. The van der Waals surface area contributed by atoms with Crippen LogP contribution < -0.4 is 11.1 Å². The lowest BCUT2D eigenvalue weighted by atomic mass is 10.1. The number of sulfonamides is 1. The number of anilines is 1. The van der Waals surface area contributed by atoms with Crippen molar-refractivity contribution in [3.05, 3.63) is 46.8 Å². The molecule has 0 saturated carbocycles. The molecule has 1 unspecified atom stereocenters. The third kappa shape index (κ3) is 5.63. The van der Waals surface area contributed by atoms with Gasteiger partial charge in [-0.3, -0.25) is 14.5 Å². The summed E-state index contributed by atoms with van der Waals surface area (Å²) in [7, 11) is -3.49. The van der Waals surface area contributed by atoms with Gasteiger partial charge in [-0.1, -0.05) is 24.6 Å². The molecule has 10 heteroatoms. The van der Waals surface area contributed by atoms with Gasteiger partial charge >= 0.3 is 0 Å². The van der Waals surface area contributed by atoms with Crippen LogP contribution in [0.4, 0.5) is 5.69 Å². The molecule has 8 nitrogen and oxygen atoms in total. The molecular formula is C23H30N4O4S2. The Morgan fingerprint density at radius 3 is 2.55 bits per heavy atom. The minimum absolute atomic E-state index is 0.0994. The number of benzene rings is 1. The molecule has 2 aliphatic rings. The largest absolute Gasteiger partial charge is 0.368 e. The fourth-order valence-electron chi connectivity index (χ4n) is 4.51. The fraction of sp³-hybridized carbons (Fsp3) is 0.478. The van der Waals surface area contributed by atoms with Gasteiger partial charge in [0.25, 0.3) is 10.0 Å². The number of primary amides is 1. The van der Waals surface area contributed by atoms with Gasteiger partial charge in [0.15, 0.2) is 0 Å². The van der Waals surface area contributed by atoms with E-state index in [1.165, 1.54) is 0 Å². The second-order valence-corrected chi connectivity index (χ2v) is 11.9. The predicted octanol–water partition coefficient (Wildman–Crippen LogP) is 2.55. The zero-order valence-electron chi connectivity index (χ0n) is 18.5. The first-order chi connectivity index (χ1) is 15.8. The Bertz CT molecular complexity index is 1110. The molecule has 1 aromatic carbocycles. The number of carbonyl (C=O) groups is 2. The second kappa shape index (κ2) is 10.3. The van der Waals surface area contributed by atoms with E-state index in [0.29, 0.717) is 34.4 Å². The summed E-state index contributed by atoms with van der Waals surface area (Å²) in [4.78, 5) is 27.2. The van der Waals surface area contributed by atoms with Gasteiger partial charge in [-0.05, 0) is 56.0 Å². The molecule has 0 aliphatic carbocycles. The van der Waals surface area contributed by atoms with E-state index in [0.717, 1.165) is 55.5 Å². The van der Waals surface area contributed by atoms with Crippen molar-refractivity contribution in [1.29, 1.82) is 0 Å². The summed E-state index contributed by atoms with van der Waals surface area (Å²) in [5.41, 5.74) is 7.14. The standard InChI is InChI=1S/C23H30N4O4S2/c24-23(29)20-9-6-12-26(20)16-17-7-2-3-8-19(17)25-21(28)15-18-10-11-22(32-18)33(30,31)27-13-4-1-5-14-27/h2-3,7-8,10-11,20H,1,4-6,9,12-16H2,(H2,24,29)(H,25,28). The number of hydrogen-bond acceptors (Lipinski definition) is 6. The smallest absolute Gasteiger partial charge is 0.252 e. The Balaban J connectivity index is 1.40. The van der Waals surface area contributed by atoms with Crippen molar-refractivity contribution in [2.24, 2.45) is 5.73 Å². The van der Waals surface area contributed by atoms with Crippen LogP contribution in [0.3, 0.4) is 0 Å². The molecule has 2 aliphatic heterocycles. The zero-order chi connectivity index (χ0) is 23.4. The van der Waals surface area contributed by atoms with Gasteiger partial charge in [-0.25, -0.2) is 8.42 Å². The van der Waals surface area contributed by atoms with E-state index < -0.39 is 10.0 Å². The maximum Gasteiger partial charge on any atom is 0.252 e. The van der Waals surface area contributed by atoms with E-state index in [4.69, 9.17) is 5.73 Å². The number of carbonyl (C=O) groups excluding carboxylic acids is 2. The molecule has 0 bridgehead atoms. The summed E-state index contributed by atoms with van der Waals surface area (Å²) in [6.07, 6.45) is 4.61. The average molecular weight is 491 g/mol. The Hall–Kier alpha value is -2.27. The summed E-state index contributed by atoms with van der Waals surface area (Å²) in [5, 5.41) is 2.95. The van der Waals surface area contributed by atoms with Gasteiger partial charge in [-0.2, -0.15) is 4.31 Å². The first-order valence-electron chi connectivity index (χ1n) is 11.3. The van der Waals surface area contributed by atoms with Crippen molar-refractivity contribution in [3.63, 3.8) is 0 Å². The van der Waals surface area contributed by atoms with Crippen LogP contribution in [0.15, 0.2) is 40.6 Å². The van der Waals surface area contributed by atoms with Gasteiger partial charge in [0.2, 0.25) is 11.8 Å². The van der Waals surface area contributed by atoms with Crippen LogP contribution in [0.2, 0.25) is 0 Å². The molecule has 0 spiro atoms. The Labute approximate surface area is 198 Å². The quantitative estimate of drug-likeness (QED) is 0.591. The Morgan fingerprint density at radius 1 is 1.03 bits per heavy atom. The van der Waals surface area contributed by atoms with Crippen LogP contribution >= 0.6 is 11.3 Å². The number of nitrogens with two attached hydrogens (primary N) is 1. The minimum atomic E-state index is -3.49. The molecule has 2 fully saturated rings. The molecule has 1 atom stereocenters. The average Bonchev–Trinajstić information content (AvgIpc) is 3.46. The van der Waals surface area contributed by atoms with E-state index in [9.17, 15) is 18.0 Å². The summed E-state index contributed by atoms with van der Waals surface area (Å²) < 4.78 is 27.6. The number of amides is 2. The Morgan fingerprint density at radius 2 is 1.79 bits per heavy atom. The highest BCUT2D eigenvalue weighted by Gasteiger charge is 2.30. The van der Waals surface area contributed by atoms with Gasteiger partial charge in [-0.15, -0.1) is 11.3 Å².